The molecule has 0 radical (unpaired) electrons. The molecule has 1 heterocycles. The summed E-state index contributed by atoms with van der Waals surface area (Å²) < 4.78 is 1.74. The summed E-state index contributed by atoms with van der Waals surface area (Å²) in [5.74, 6) is 0.367. The second-order valence-electron chi connectivity index (χ2n) is 7.81. The van der Waals surface area contributed by atoms with E-state index in [0.717, 1.165) is 23.1 Å². The second-order valence-corrected chi connectivity index (χ2v) is 9.02. The van der Waals surface area contributed by atoms with Crippen LogP contribution in [0.2, 0.25) is 5.02 Å². The van der Waals surface area contributed by atoms with Crippen LogP contribution in [0.15, 0.2) is 53.7 Å². The highest BCUT2D eigenvalue weighted by molar-refractivity contribution is 7.98. The predicted octanol–water partition coefficient (Wildman–Crippen LogP) is 5.73. The van der Waals surface area contributed by atoms with E-state index in [1.807, 2.05) is 43.6 Å². The van der Waals surface area contributed by atoms with Crippen molar-refractivity contribution >= 4 is 34.7 Å². The average molecular weight is 438 g/mol. The van der Waals surface area contributed by atoms with Crippen molar-refractivity contribution in [3.05, 3.63) is 81.6 Å². The molecule has 0 spiro atoms. The maximum Gasteiger partial charge on any atom is 0.208 e. The monoisotopic (exact) mass is 437 g/mol. The molecule has 6 heteroatoms. The Hall–Kier alpha value is -2.37. The van der Waals surface area contributed by atoms with Crippen LogP contribution >= 0.6 is 23.4 Å². The summed E-state index contributed by atoms with van der Waals surface area (Å²) in [6, 6.07) is 14.2. The lowest BCUT2D eigenvalue weighted by atomic mass is 9.73. The molecule has 0 N–H and O–H groups in total. The molecule has 4 rings (SSSR count). The number of ketones is 1. The van der Waals surface area contributed by atoms with Crippen LogP contribution in [0.4, 0.5) is 0 Å². The maximum atomic E-state index is 13.5. The van der Waals surface area contributed by atoms with E-state index in [1.54, 1.807) is 4.68 Å². The Kier molecular flexibility index (Phi) is 5.85. The normalized spacial score (nSPS) is 19.1. The van der Waals surface area contributed by atoms with E-state index in [1.165, 1.54) is 22.9 Å². The van der Waals surface area contributed by atoms with Gasteiger partial charge in [-0.1, -0.05) is 59.3 Å². The molecule has 0 amide bonds. The van der Waals surface area contributed by atoms with E-state index >= 15 is 0 Å². The minimum atomic E-state index is -0.376. The molecule has 0 saturated heterocycles. The molecule has 30 heavy (non-hydrogen) atoms. The Morgan fingerprint density at radius 2 is 1.87 bits per heavy atom. The zero-order valence-corrected chi connectivity index (χ0v) is 19.1. The van der Waals surface area contributed by atoms with Crippen molar-refractivity contribution in [2.75, 3.05) is 6.26 Å². The average Bonchev–Trinajstić information content (AvgIpc) is 3.08. The molecule has 3 aromatic rings. The van der Waals surface area contributed by atoms with Crippen molar-refractivity contribution in [3.8, 4) is 0 Å². The first-order chi connectivity index (χ1) is 14.4. The van der Waals surface area contributed by atoms with E-state index in [4.69, 9.17) is 11.6 Å². The Labute approximate surface area is 186 Å². The molecular weight excluding hydrogens is 414 g/mol. The first kappa shape index (κ1) is 20.9. The number of aromatic nitrogens is 3. The predicted molar refractivity (Wildman–Crippen MR) is 123 cm³/mol. The summed E-state index contributed by atoms with van der Waals surface area (Å²) in [4.78, 5) is 18.1. The van der Waals surface area contributed by atoms with Gasteiger partial charge in [0.2, 0.25) is 5.16 Å². The smallest absolute Gasteiger partial charge is 0.208 e. The first-order valence-corrected chi connectivity index (χ1v) is 11.5. The molecular formula is C24H24ClN3OS. The van der Waals surface area contributed by atoms with Crippen molar-refractivity contribution in [2.45, 2.75) is 37.3 Å². The fourth-order valence-electron chi connectivity index (χ4n) is 4.29. The lowest BCUT2D eigenvalue weighted by Crippen LogP contribution is -2.26. The van der Waals surface area contributed by atoms with Crippen LogP contribution in [0.5, 0.6) is 0 Å². The zero-order valence-electron chi connectivity index (χ0n) is 17.5. The van der Waals surface area contributed by atoms with Gasteiger partial charge in [0.25, 0.3) is 0 Å². The number of benzene rings is 2. The van der Waals surface area contributed by atoms with E-state index in [2.05, 4.69) is 42.1 Å². The molecule has 0 saturated carbocycles. The van der Waals surface area contributed by atoms with Crippen LogP contribution in [0, 0.1) is 13.8 Å². The molecule has 2 atom stereocenters. The Bertz CT molecular complexity index is 1130. The van der Waals surface area contributed by atoms with E-state index in [0.29, 0.717) is 16.0 Å². The lowest BCUT2D eigenvalue weighted by Gasteiger charge is -2.31. The fraction of sp³-hybridized carbons (Fsp3) is 0.292. The van der Waals surface area contributed by atoms with E-state index < -0.39 is 0 Å². The number of rotatable bonds is 4. The Balaban J connectivity index is 1.83. The molecule has 2 unspecified atom stereocenters. The van der Waals surface area contributed by atoms with E-state index in [9.17, 15) is 4.79 Å². The minimum absolute atomic E-state index is 0.0342. The number of hydrogen-bond acceptors (Lipinski definition) is 4. The van der Waals surface area contributed by atoms with Crippen LogP contribution in [-0.2, 0) is 11.8 Å². The standard InChI is InChI=1S/C24H24ClN3OS/c1-14-5-10-19(15(2)11-14)17-12-20(16-6-8-18(25)9-7-16)22(21(29)13-17)23-26-24(30-4)27-28(23)3/h5-11,13,20,22H,12H2,1-4H3. The summed E-state index contributed by atoms with van der Waals surface area (Å²) in [7, 11) is 1.86. The van der Waals surface area contributed by atoms with Gasteiger partial charge < -0.3 is 0 Å². The Morgan fingerprint density at radius 3 is 2.50 bits per heavy atom. The highest BCUT2D eigenvalue weighted by atomic mass is 35.5. The maximum absolute atomic E-state index is 13.5. The van der Waals surface area contributed by atoms with Crippen LogP contribution in [0.25, 0.3) is 5.57 Å². The molecule has 1 aliphatic carbocycles. The molecule has 0 bridgehead atoms. The SMILES string of the molecule is CSc1nc(C2C(=O)C=C(c3ccc(C)cc3C)CC2c2ccc(Cl)cc2)n(C)n1. The number of hydrogen-bond donors (Lipinski definition) is 0. The van der Waals surface area contributed by atoms with Crippen molar-refractivity contribution in [1.29, 1.82) is 0 Å². The van der Waals surface area contributed by atoms with Crippen LogP contribution < -0.4 is 0 Å². The highest BCUT2D eigenvalue weighted by Gasteiger charge is 2.38. The molecule has 1 aliphatic rings. The Morgan fingerprint density at radius 1 is 1.13 bits per heavy atom. The van der Waals surface area contributed by atoms with Crippen molar-refractivity contribution in [1.82, 2.24) is 14.8 Å². The number of aryl methyl sites for hydroxylation is 3. The van der Waals surface area contributed by atoms with Crippen molar-refractivity contribution < 1.29 is 4.79 Å². The van der Waals surface area contributed by atoms with Gasteiger partial charge >= 0.3 is 0 Å². The molecule has 4 nitrogen and oxygen atoms in total. The second kappa shape index (κ2) is 8.40. The highest BCUT2D eigenvalue weighted by Crippen LogP contribution is 2.45. The van der Waals surface area contributed by atoms with Gasteiger partial charge in [0, 0.05) is 18.0 Å². The molecule has 0 aliphatic heterocycles. The van der Waals surface area contributed by atoms with Gasteiger partial charge in [-0.05, 0) is 67.0 Å². The number of halogens is 1. The molecule has 2 aromatic carbocycles. The third-order valence-electron chi connectivity index (χ3n) is 5.73. The van der Waals surface area contributed by atoms with E-state index in [-0.39, 0.29) is 17.6 Å². The zero-order chi connectivity index (χ0) is 21.4. The van der Waals surface area contributed by atoms with Gasteiger partial charge in [-0.2, -0.15) is 0 Å². The summed E-state index contributed by atoms with van der Waals surface area (Å²) >= 11 is 7.61. The summed E-state index contributed by atoms with van der Waals surface area (Å²) in [6.45, 7) is 4.19. The van der Waals surface area contributed by atoms with Gasteiger partial charge in [-0.25, -0.2) is 4.98 Å². The van der Waals surface area contributed by atoms with Gasteiger partial charge in [0.15, 0.2) is 5.78 Å². The number of nitrogens with zero attached hydrogens (tertiary/aromatic N) is 3. The summed E-state index contributed by atoms with van der Waals surface area (Å²) in [6.07, 6.45) is 4.50. The largest absolute Gasteiger partial charge is 0.294 e. The molecule has 0 fully saturated rings. The summed E-state index contributed by atoms with van der Waals surface area (Å²) in [5.41, 5.74) is 5.69. The number of carbonyl (C=O) groups excluding carboxylic acids is 1. The topological polar surface area (TPSA) is 47.8 Å². The van der Waals surface area contributed by atoms with Crippen LogP contribution in [0.3, 0.4) is 0 Å². The number of allylic oxidation sites excluding steroid dienone is 2. The minimum Gasteiger partial charge on any atom is -0.294 e. The lowest BCUT2D eigenvalue weighted by molar-refractivity contribution is -0.116. The third-order valence-corrected chi connectivity index (χ3v) is 6.52. The first-order valence-electron chi connectivity index (χ1n) is 9.90. The molecule has 154 valence electrons. The van der Waals surface area contributed by atoms with Gasteiger partial charge in [0.1, 0.15) is 5.82 Å². The summed E-state index contributed by atoms with van der Waals surface area (Å²) in [5, 5.41) is 5.82. The van der Waals surface area contributed by atoms with Gasteiger partial charge in [-0.15, -0.1) is 5.10 Å². The van der Waals surface area contributed by atoms with Crippen LogP contribution in [0.1, 0.15) is 46.3 Å². The van der Waals surface area contributed by atoms with Crippen molar-refractivity contribution in [3.63, 3.8) is 0 Å². The van der Waals surface area contributed by atoms with Gasteiger partial charge in [0.05, 0.1) is 5.92 Å². The number of thioether (sulfide) groups is 1. The number of carbonyl (C=O) groups is 1. The van der Waals surface area contributed by atoms with Crippen molar-refractivity contribution in [2.24, 2.45) is 7.05 Å². The quantitative estimate of drug-likeness (QED) is 0.489. The third kappa shape index (κ3) is 3.96. The molecule has 1 aromatic heterocycles. The van der Waals surface area contributed by atoms with Gasteiger partial charge in [-0.3, -0.25) is 9.48 Å². The van der Waals surface area contributed by atoms with Crippen LogP contribution in [-0.4, -0.2) is 26.8 Å². The fourth-order valence-corrected chi connectivity index (χ4v) is 4.81.